The Hall–Kier alpha value is -3.00. The van der Waals surface area contributed by atoms with Gasteiger partial charge in [-0.3, -0.25) is 10.3 Å². The summed E-state index contributed by atoms with van der Waals surface area (Å²) in [5.41, 5.74) is 7.63. The predicted octanol–water partition coefficient (Wildman–Crippen LogP) is 1.41. The zero-order chi connectivity index (χ0) is 17.9. The highest BCUT2D eigenvalue weighted by Crippen LogP contribution is 2.23. The Labute approximate surface area is 152 Å². The number of carbonyl (C=O) groups is 1. The maximum absolute atomic E-state index is 11.7. The maximum Gasteiger partial charge on any atom is 0.338 e. The minimum Gasteiger partial charge on any atom is -0.497 e. The fourth-order valence-corrected chi connectivity index (χ4v) is 3.26. The van der Waals surface area contributed by atoms with Gasteiger partial charge in [-0.15, -0.1) is 0 Å². The molecule has 8 nitrogen and oxygen atoms in total. The van der Waals surface area contributed by atoms with Gasteiger partial charge in [0.1, 0.15) is 11.6 Å². The molecule has 0 aliphatic carbocycles. The van der Waals surface area contributed by atoms with Crippen LogP contribution in [0.3, 0.4) is 0 Å². The fourth-order valence-electron chi connectivity index (χ4n) is 3.26. The predicted molar refractivity (Wildman–Crippen MR) is 101 cm³/mol. The fraction of sp³-hybridized carbons (Fsp3) is 0.333. The molecule has 2 aromatic rings. The molecule has 0 radical (unpaired) electrons. The van der Waals surface area contributed by atoms with Crippen molar-refractivity contribution in [2.45, 2.75) is 0 Å². The van der Waals surface area contributed by atoms with Crippen LogP contribution in [0.1, 0.15) is 0 Å². The summed E-state index contributed by atoms with van der Waals surface area (Å²) >= 11 is 0. The first kappa shape index (κ1) is 16.5. The van der Waals surface area contributed by atoms with Crippen LogP contribution in [0, 0.1) is 0 Å². The van der Waals surface area contributed by atoms with Crippen LogP contribution in [0.15, 0.2) is 42.6 Å². The third-order valence-corrected chi connectivity index (χ3v) is 4.77. The Bertz CT molecular complexity index is 756. The molecule has 2 aliphatic rings. The molecule has 3 heterocycles. The summed E-state index contributed by atoms with van der Waals surface area (Å²) in [6, 6.07) is 11.9. The number of carbonyl (C=O) groups excluding carboxylic acids is 1. The van der Waals surface area contributed by atoms with E-state index in [9.17, 15) is 4.79 Å². The van der Waals surface area contributed by atoms with Crippen LogP contribution in [0.25, 0.3) is 0 Å². The molecule has 2 saturated heterocycles. The summed E-state index contributed by atoms with van der Waals surface area (Å²) in [4.78, 5) is 22.4. The molecule has 26 heavy (non-hydrogen) atoms. The number of piperazine rings is 1. The number of nitrogens with zero attached hydrogens (tertiary/aromatic N) is 4. The van der Waals surface area contributed by atoms with Crippen molar-refractivity contribution < 1.29 is 9.53 Å². The quantitative estimate of drug-likeness (QED) is 0.865. The molecule has 136 valence electrons. The van der Waals surface area contributed by atoms with Gasteiger partial charge in [-0.2, -0.15) is 0 Å². The van der Waals surface area contributed by atoms with E-state index in [1.54, 1.807) is 12.0 Å². The van der Waals surface area contributed by atoms with E-state index in [1.165, 1.54) is 5.69 Å². The Morgan fingerprint density at radius 2 is 1.62 bits per heavy atom. The van der Waals surface area contributed by atoms with E-state index in [0.717, 1.165) is 37.6 Å². The lowest BCUT2D eigenvalue weighted by Crippen LogP contribution is -2.46. The van der Waals surface area contributed by atoms with Crippen LogP contribution in [-0.2, 0) is 0 Å². The lowest BCUT2D eigenvalue weighted by molar-refractivity contribution is 0.250. The van der Waals surface area contributed by atoms with Gasteiger partial charge in [-0.25, -0.2) is 15.2 Å². The van der Waals surface area contributed by atoms with Gasteiger partial charge in [-0.1, -0.05) is 0 Å². The number of hydrogen-bond acceptors (Lipinski definition) is 6. The van der Waals surface area contributed by atoms with Crippen molar-refractivity contribution in [1.82, 2.24) is 15.8 Å². The molecule has 0 saturated carbocycles. The van der Waals surface area contributed by atoms with Crippen molar-refractivity contribution in [2.24, 2.45) is 0 Å². The summed E-state index contributed by atoms with van der Waals surface area (Å²) < 4.78 is 5.22. The van der Waals surface area contributed by atoms with Gasteiger partial charge in [0.2, 0.25) is 0 Å². The Morgan fingerprint density at radius 1 is 0.962 bits per heavy atom. The first-order valence-corrected chi connectivity index (χ1v) is 8.65. The first-order chi connectivity index (χ1) is 12.7. The average molecular weight is 354 g/mol. The number of rotatable bonds is 4. The maximum atomic E-state index is 11.7. The van der Waals surface area contributed by atoms with Gasteiger partial charge in [0.05, 0.1) is 25.7 Å². The molecule has 0 unspecified atom stereocenters. The largest absolute Gasteiger partial charge is 0.497 e. The van der Waals surface area contributed by atoms with E-state index in [4.69, 9.17) is 4.74 Å². The second-order valence-electron chi connectivity index (χ2n) is 6.24. The lowest BCUT2D eigenvalue weighted by atomic mass is 10.2. The van der Waals surface area contributed by atoms with E-state index in [2.05, 4.69) is 37.8 Å². The molecule has 2 amide bonds. The Kier molecular flexibility index (Phi) is 4.49. The first-order valence-electron chi connectivity index (χ1n) is 8.65. The van der Waals surface area contributed by atoms with Gasteiger partial charge >= 0.3 is 6.03 Å². The van der Waals surface area contributed by atoms with Crippen LogP contribution in [0.4, 0.5) is 22.0 Å². The van der Waals surface area contributed by atoms with Crippen molar-refractivity contribution in [3.05, 3.63) is 42.6 Å². The third-order valence-electron chi connectivity index (χ3n) is 4.77. The molecule has 2 aliphatic heterocycles. The number of hydrazine groups is 1. The molecule has 2 N–H and O–H groups in total. The molecule has 4 rings (SSSR count). The van der Waals surface area contributed by atoms with Crippen molar-refractivity contribution >= 4 is 23.2 Å². The SMILES string of the molecule is COc1ccc(N2CCN(c3ccc(N4CNNC4=O)nc3)CC2)cc1. The zero-order valence-electron chi connectivity index (χ0n) is 14.7. The van der Waals surface area contributed by atoms with Gasteiger partial charge < -0.3 is 14.5 Å². The number of anilines is 3. The molecule has 8 heteroatoms. The topological polar surface area (TPSA) is 73.0 Å². The number of amides is 2. The molecular weight excluding hydrogens is 332 g/mol. The second kappa shape index (κ2) is 7.09. The number of benzene rings is 1. The monoisotopic (exact) mass is 354 g/mol. The molecule has 1 aromatic heterocycles. The molecule has 2 fully saturated rings. The molecule has 0 atom stereocenters. The highest BCUT2D eigenvalue weighted by molar-refractivity contribution is 5.92. The van der Waals surface area contributed by atoms with E-state index in [0.29, 0.717) is 12.5 Å². The van der Waals surface area contributed by atoms with Crippen LogP contribution >= 0.6 is 0 Å². The van der Waals surface area contributed by atoms with E-state index < -0.39 is 0 Å². The van der Waals surface area contributed by atoms with Gasteiger partial charge in [0, 0.05) is 31.9 Å². The summed E-state index contributed by atoms with van der Waals surface area (Å²) in [7, 11) is 1.68. The molecule has 1 aromatic carbocycles. The molecular formula is C18H22N6O2. The van der Waals surface area contributed by atoms with Crippen molar-refractivity contribution in [1.29, 1.82) is 0 Å². The number of urea groups is 1. The average Bonchev–Trinajstić information content (AvgIpc) is 3.14. The van der Waals surface area contributed by atoms with Crippen LogP contribution in [0.5, 0.6) is 5.75 Å². The number of methoxy groups -OCH3 is 1. The summed E-state index contributed by atoms with van der Waals surface area (Å²) in [6.07, 6.45) is 1.84. The Balaban J connectivity index is 1.37. The molecule has 0 spiro atoms. The molecule has 0 bridgehead atoms. The van der Waals surface area contributed by atoms with E-state index >= 15 is 0 Å². The Morgan fingerprint density at radius 3 is 2.15 bits per heavy atom. The number of hydrogen-bond donors (Lipinski definition) is 2. The van der Waals surface area contributed by atoms with Gasteiger partial charge in [-0.05, 0) is 36.4 Å². The summed E-state index contributed by atoms with van der Waals surface area (Å²) in [6.45, 7) is 4.18. The number of ether oxygens (including phenoxy) is 1. The van der Waals surface area contributed by atoms with Gasteiger partial charge in [0.15, 0.2) is 0 Å². The third kappa shape index (κ3) is 3.23. The van der Waals surface area contributed by atoms with Gasteiger partial charge in [0.25, 0.3) is 0 Å². The lowest BCUT2D eigenvalue weighted by Gasteiger charge is -2.37. The highest BCUT2D eigenvalue weighted by Gasteiger charge is 2.23. The van der Waals surface area contributed by atoms with Crippen molar-refractivity contribution in [3.63, 3.8) is 0 Å². The minimum atomic E-state index is -0.182. The standard InChI is InChI=1S/C18H22N6O2/c1-26-16-5-2-14(3-6-16)22-8-10-23(11-9-22)15-4-7-17(19-12-15)24-13-20-21-18(24)25/h2-7,12,20H,8-11,13H2,1H3,(H,21,25). The van der Waals surface area contributed by atoms with E-state index in [1.807, 2.05) is 30.5 Å². The highest BCUT2D eigenvalue weighted by atomic mass is 16.5. The summed E-state index contributed by atoms with van der Waals surface area (Å²) in [5, 5.41) is 0. The van der Waals surface area contributed by atoms with Crippen molar-refractivity contribution in [2.75, 3.05) is 54.7 Å². The number of pyridine rings is 1. The van der Waals surface area contributed by atoms with E-state index in [-0.39, 0.29) is 6.03 Å². The van der Waals surface area contributed by atoms with Crippen molar-refractivity contribution in [3.8, 4) is 5.75 Å². The minimum absolute atomic E-state index is 0.182. The zero-order valence-corrected chi connectivity index (χ0v) is 14.7. The van der Waals surface area contributed by atoms with Crippen LogP contribution in [0.2, 0.25) is 0 Å². The summed E-state index contributed by atoms with van der Waals surface area (Å²) in [5.74, 6) is 1.52. The smallest absolute Gasteiger partial charge is 0.338 e. The van der Waals surface area contributed by atoms with Crippen LogP contribution < -0.4 is 30.3 Å². The van der Waals surface area contributed by atoms with Crippen LogP contribution in [-0.4, -0.2) is 51.0 Å². The number of aromatic nitrogens is 1. The normalized spacial score (nSPS) is 17.4. The second-order valence-corrected chi connectivity index (χ2v) is 6.24. The number of nitrogens with one attached hydrogen (secondary N) is 2.